The molecule has 0 saturated carbocycles. The summed E-state index contributed by atoms with van der Waals surface area (Å²) in [6, 6.07) is 13.2. The molecule has 0 aliphatic carbocycles. The van der Waals surface area contributed by atoms with Crippen molar-refractivity contribution in [3.05, 3.63) is 86.6 Å². The van der Waals surface area contributed by atoms with Gasteiger partial charge in [-0.1, -0.05) is 24.3 Å². The second-order valence-corrected chi connectivity index (χ2v) is 7.59. The predicted octanol–water partition coefficient (Wildman–Crippen LogP) is 2.60. The van der Waals surface area contributed by atoms with E-state index >= 15 is 0 Å². The number of aryl methyl sites for hydroxylation is 1. The van der Waals surface area contributed by atoms with Crippen molar-refractivity contribution >= 4 is 5.91 Å². The molecule has 2 aliphatic rings. The van der Waals surface area contributed by atoms with E-state index in [9.17, 15) is 9.59 Å². The Bertz CT molecular complexity index is 1200. The van der Waals surface area contributed by atoms with E-state index in [1.807, 2.05) is 31.2 Å². The number of amides is 1. The standard InChI is InChI=1S/C23H21N3O4/c1-14-4-2-3-5-15(14)11-21-24-18-8-9-26(12-17(18)22(27)25-21)23(28)16-6-7-19-20(10-16)30-13-29-19/h2-7,10H,8-9,11-13H2,1H3,(H,24,25,27). The number of benzene rings is 2. The van der Waals surface area contributed by atoms with Gasteiger partial charge in [0.2, 0.25) is 6.79 Å². The Morgan fingerprint density at radius 3 is 2.87 bits per heavy atom. The van der Waals surface area contributed by atoms with Crippen molar-refractivity contribution in [1.29, 1.82) is 0 Å². The van der Waals surface area contributed by atoms with E-state index in [-0.39, 0.29) is 24.8 Å². The van der Waals surface area contributed by atoms with Crippen LogP contribution in [0.2, 0.25) is 0 Å². The first kappa shape index (κ1) is 18.4. The molecule has 2 aliphatic heterocycles. The average molecular weight is 403 g/mol. The highest BCUT2D eigenvalue weighted by atomic mass is 16.7. The summed E-state index contributed by atoms with van der Waals surface area (Å²) in [4.78, 5) is 35.0. The number of carbonyl (C=O) groups is 1. The van der Waals surface area contributed by atoms with Crippen molar-refractivity contribution in [1.82, 2.24) is 14.9 Å². The molecule has 0 radical (unpaired) electrons. The maximum Gasteiger partial charge on any atom is 0.256 e. The fourth-order valence-electron chi connectivity index (χ4n) is 3.93. The van der Waals surface area contributed by atoms with Crippen LogP contribution in [0.15, 0.2) is 47.3 Å². The molecule has 2 aromatic carbocycles. The monoisotopic (exact) mass is 403 g/mol. The summed E-state index contributed by atoms with van der Waals surface area (Å²) in [5.41, 5.74) is 3.98. The smallest absolute Gasteiger partial charge is 0.256 e. The van der Waals surface area contributed by atoms with Crippen molar-refractivity contribution in [2.24, 2.45) is 0 Å². The molecule has 0 atom stereocenters. The molecule has 3 heterocycles. The number of carbonyl (C=O) groups excluding carboxylic acids is 1. The molecule has 7 heteroatoms. The van der Waals surface area contributed by atoms with E-state index < -0.39 is 0 Å². The van der Waals surface area contributed by atoms with Crippen LogP contribution in [0.1, 0.15) is 38.6 Å². The van der Waals surface area contributed by atoms with Gasteiger partial charge in [0, 0.05) is 24.9 Å². The van der Waals surface area contributed by atoms with Gasteiger partial charge in [-0.25, -0.2) is 4.98 Å². The summed E-state index contributed by atoms with van der Waals surface area (Å²) >= 11 is 0. The molecule has 5 rings (SSSR count). The Balaban J connectivity index is 1.37. The zero-order valence-corrected chi connectivity index (χ0v) is 16.6. The molecule has 0 spiro atoms. The van der Waals surface area contributed by atoms with Crippen LogP contribution in [0, 0.1) is 6.92 Å². The first-order valence-electron chi connectivity index (χ1n) is 9.93. The van der Waals surface area contributed by atoms with Gasteiger partial charge in [-0.05, 0) is 36.2 Å². The lowest BCUT2D eigenvalue weighted by atomic mass is 10.0. The summed E-state index contributed by atoms with van der Waals surface area (Å²) in [6.07, 6.45) is 1.13. The number of H-pyrrole nitrogens is 1. The Morgan fingerprint density at radius 2 is 2.00 bits per heavy atom. The fraction of sp³-hybridized carbons (Fsp3) is 0.261. The molecule has 0 bridgehead atoms. The predicted molar refractivity (Wildman–Crippen MR) is 110 cm³/mol. The van der Waals surface area contributed by atoms with Crippen LogP contribution < -0.4 is 15.0 Å². The van der Waals surface area contributed by atoms with Crippen LogP contribution in [-0.2, 0) is 19.4 Å². The number of ether oxygens (including phenoxy) is 2. The number of hydrogen-bond donors (Lipinski definition) is 1. The van der Waals surface area contributed by atoms with Gasteiger partial charge in [-0.3, -0.25) is 9.59 Å². The van der Waals surface area contributed by atoms with Crippen LogP contribution in [0.5, 0.6) is 11.5 Å². The first-order valence-corrected chi connectivity index (χ1v) is 9.93. The van der Waals surface area contributed by atoms with Gasteiger partial charge >= 0.3 is 0 Å². The van der Waals surface area contributed by atoms with Gasteiger partial charge in [0.1, 0.15) is 5.82 Å². The SMILES string of the molecule is Cc1ccccc1Cc1nc2c(c(=O)[nH]1)CN(C(=O)c1ccc3c(c1)OCO3)CC2. The summed E-state index contributed by atoms with van der Waals surface area (Å²) in [7, 11) is 0. The largest absolute Gasteiger partial charge is 0.454 e. The minimum absolute atomic E-state index is 0.137. The Hall–Kier alpha value is -3.61. The third-order valence-corrected chi connectivity index (χ3v) is 5.64. The average Bonchev–Trinajstić information content (AvgIpc) is 3.23. The highest BCUT2D eigenvalue weighted by Gasteiger charge is 2.26. The van der Waals surface area contributed by atoms with Crippen LogP contribution in [0.25, 0.3) is 0 Å². The Morgan fingerprint density at radius 1 is 1.17 bits per heavy atom. The lowest BCUT2D eigenvalue weighted by Crippen LogP contribution is -2.39. The number of rotatable bonds is 3. The zero-order chi connectivity index (χ0) is 20.7. The first-order chi connectivity index (χ1) is 14.6. The van der Waals surface area contributed by atoms with E-state index in [0.29, 0.717) is 47.8 Å². The lowest BCUT2D eigenvalue weighted by Gasteiger charge is -2.28. The van der Waals surface area contributed by atoms with Gasteiger partial charge in [0.05, 0.1) is 17.8 Å². The second kappa shape index (κ2) is 7.33. The topological polar surface area (TPSA) is 84.5 Å². The van der Waals surface area contributed by atoms with Gasteiger partial charge < -0.3 is 19.4 Å². The van der Waals surface area contributed by atoms with Crippen LogP contribution in [0.4, 0.5) is 0 Å². The van der Waals surface area contributed by atoms with Crippen LogP contribution in [-0.4, -0.2) is 34.1 Å². The minimum atomic E-state index is -0.174. The Labute approximate surface area is 173 Å². The van der Waals surface area contributed by atoms with Gasteiger partial charge in [0.15, 0.2) is 11.5 Å². The summed E-state index contributed by atoms with van der Waals surface area (Å²) < 4.78 is 10.7. The van der Waals surface area contributed by atoms with Crippen molar-refractivity contribution in [2.75, 3.05) is 13.3 Å². The maximum absolute atomic E-state index is 13.0. The lowest BCUT2D eigenvalue weighted by molar-refractivity contribution is 0.0732. The number of nitrogens with one attached hydrogen (secondary N) is 1. The number of hydrogen-bond acceptors (Lipinski definition) is 5. The fourth-order valence-corrected chi connectivity index (χ4v) is 3.93. The molecule has 3 aromatic rings. The van der Waals surface area contributed by atoms with Crippen LogP contribution in [0.3, 0.4) is 0 Å². The zero-order valence-electron chi connectivity index (χ0n) is 16.6. The summed E-state index contributed by atoms with van der Waals surface area (Å²) in [5, 5.41) is 0. The van der Waals surface area contributed by atoms with E-state index in [1.54, 1.807) is 23.1 Å². The normalized spacial score (nSPS) is 14.5. The molecule has 152 valence electrons. The number of fused-ring (bicyclic) bond motifs is 2. The summed E-state index contributed by atoms with van der Waals surface area (Å²) in [6.45, 7) is 2.97. The highest BCUT2D eigenvalue weighted by Crippen LogP contribution is 2.33. The van der Waals surface area contributed by atoms with E-state index in [0.717, 1.165) is 11.3 Å². The molecule has 1 aromatic heterocycles. The molecule has 1 N–H and O–H groups in total. The second-order valence-electron chi connectivity index (χ2n) is 7.59. The van der Waals surface area contributed by atoms with Crippen molar-refractivity contribution in [3.63, 3.8) is 0 Å². The Kier molecular flexibility index (Phi) is 4.50. The third kappa shape index (κ3) is 3.32. The number of aromatic amines is 1. The van der Waals surface area contributed by atoms with Crippen molar-refractivity contribution < 1.29 is 14.3 Å². The van der Waals surface area contributed by atoms with E-state index in [1.165, 1.54) is 5.56 Å². The molecule has 0 fully saturated rings. The maximum atomic E-state index is 13.0. The molecule has 30 heavy (non-hydrogen) atoms. The molecule has 7 nitrogen and oxygen atoms in total. The van der Waals surface area contributed by atoms with E-state index in [2.05, 4.69) is 4.98 Å². The highest BCUT2D eigenvalue weighted by molar-refractivity contribution is 5.95. The number of aromatic nitrogens is 2. The van der Waals surface area contributed by atoms with Crippen LogP contribution >= 0.6 is 0 Å². The minimum Gasteiger partial charge on any atom is -0.454 e. The molecular formula is C23H21N3O4. The van der Waals surface area contributed by atoms with Gasteiger partial charge in [-0.15, -0.1) is 0 Å². The van der Waals surface area contributed by atoms with Crippen molar-refractivity contribution in [3.8, 4) is 11.5 Å². The van der Waals surface area contributed by atoms with E-state index in [4.69, 9.17) is 14.5 Å². The number of nitrogens with zero attached hydrogens (tertiary/aromatic N) is 2. The van der Waals surface area contributed by atoms with Gasteiger partial charge in [0.25, 0.3) is 11.5 Å². The molecule has 0 saturated heterocycles. The third-order valence-electron chi connectivity index (χ3n) is 5.64. The molecule has 0 unspecified atom stereocenters. The molecular weight excluding hydrogens is 382 g/mol. The molecule has 1 amide bonds. The van der Waals surface area contributed by atoms with Gasteiger partial charge in [-0.2, -0.15) is 0 Å². The summed E-state index contributed by atoms with van der Waals surface area (Å²) in [5.74, 6) is 1.72. The van der Waals surface area contributed by atoms with Crippen molar-refractivity contribution in [2.45, 2.75) is 26.3 Å². The quantitative estimate of drug-likeness (QED) is 0.727.